The molecule has 1 fully saturated rings. The molecule has 0 bridgehead atoms. The number of amides is 3. The number of nitrogens with zero attached hydrogens (tertiary/aromatic N) is 2. The van der Waals surface area contributed by atoms with E-state index in [0.29, 0.717) is 42.3 Å². The summed E-state index contributed by atoms with van der Waals surface area (Å²) in [6, 6.07) is 6.63. The van der Waals surface area contributed by atoms with Crippen LogP contribution in [0.1, 0.15) is 52.5 Å². The number of carbonyl (C=O) groups excluding carboxylic acids is 4. The summed E-state index contributed by atoms with van der Waals surface area (Å²) < 4.78 is 15.5. The van der Waals surface area contributed by atoms with E-state index < -0.39 is 23.5 Å². The summed E-state index contributed by atoms with van der Waals surface area (Å²) in [5.41, 5.74) is 2.33. The summed E-state index contributed by atoms with van der Waals surface area (Å²) in [5, 5.41) is 8.78. The van der Waals surface area contributed by atoms with E-state index in [9.17, 15) is 19.2 Å². The summed E-state index contributed by atoms with van der Waals surface area (Å²) in [5.74, 6) is -1.88. The van der Waals surface area contributed by atoms with Crippen molar-refractivity contribution in [1.82, 2.24) is 20.4 Å². The lowest BCUT2D eigenvalue weighted by atomic mass is 9.80. The molecular weight excluding hydrogens is 542 g/mol. The van der Waals surface area contributed by atoms with Gasteiger partial charge in [0.2, 0.25) is 0 Å². The second kappa shape index (κ2) is 14.2. The monoisotopic (exact) mass is 585 g/mol. The van der Waals surface area contributed by atoms with Crippen molar-refractivity contribution in [1.29, 1.82) is 0 Å². The molecule has 230 valence electrons. The summed E-state index contributed by atoms with van der Waals surface area (Å²) >= 11 is 0. The molecule has 0 radical (unpaired) electrons. The number of urea groups is 1. The number of hydrogen-bond acceptors (Lipinski definition) is 9. The van der Waals surface area contributed by atoms with Gasteiger partial charge in [-0.2, -0.15) is 0 Å². The van der Waals surface area contributed by atoms with E-state index in [-0.39, 0.29) is 23.3 Å². The van der Waals surface area contributed by atoms with Gasteiger partial charge in [-0.1, -0.05) is 12.1 Å². The molecule has 12 nitrogen and oxygen atoms in total. The first-order valence-corrected chi connectivity index (χ1v) is 14.0. The van der Waals surface area contributed by atoms with Crippen LogP contribution in [-0.2, 0) is 23.8 Å². The third kappa shape index (κ3) is 8.48. The van der Waals surface area contributed by atoms with Crippen molar-refractivity contribution >= 4 is 29.8 Å². The number of methoxy groups -OCH3 is 2. The van der Waals surface area contributed by atoms with Crippen LogP contribution in [0.3, 0.4) is 0 Å². The number of allylic oxidation sites excluding steroid dienone is 2. The quantitative estimate of drug-likeness (QED) is 0.238. The molecule has 12 heteroatoms. The highest BCUT2D eigenvalue weighted by Gasteiger charge is 2.37. The van der Waals surface area contributed by atoms with E-state index in [1.165, 1.54) is 14.2 Å². The second-order valence-electron chi connectivity index (χ2n) is 11.3. The van der Waals surface area contributed by atoms with Crippen LogP contribution in [0.5, 0.6) is 0 Å². The normalized spacial score (nSPS) is 16.5. The van der Waals surface area contributed by atoms with Gasteiger partial charge in [0.25, 0.3) is 0 Å². The fourth-order valence-corrected chi connectivity index (χ4v) is 5.04. The number of hydrogen-bond donors (Lipinski definition) is 3. The van der Waals surface area contributed by atoms with Crippen LogP contribution < -0.4 is 16.0 Å². The molecule has 1 aromatic carbocycles. The average molecular weight is 586 g/mol. The average Bonchev–Trinajstić information content (AvgIpc) is 2.93. The van der Waals surface area contributed by atoms with E-state index in [4.69, 9.17) is 14.2 Å². The Balaban J connectivity index is 1.56. The van der Waals surface area contributed by atoms with Crippen molar-refractivity contribution in [2.24, 2.45) is 0 Å². The van der Waals surface area contributed by atoms with Gasteiger partial charge < -0.3 is 35.1 Å². The lowest BCUT2D eigenvalue weighted by Crippen LogP contribution is -2.50. The lowest BCUT2D eigenvalue weighted by Gasteiger charge is -2.35. The van der Waals surface area contributed by atoms with Gasteiger partial charge >= 0.3 is 24.1 Å². The zero-order chi connectivity index (χ0) is 31.0. The lowest BCUT2D eigenvalue weighted by molar-refractivity contribution is -0.137. The van der Waals surface area contributed by atoms with Crippen molar-refractivity contribution in [2.75, 3.05) is 58.8 Å². The molecule has 2 heterocycles. The van der Waals surface area contributed by atoms with Crippen LogP contribution in [0.15, 0.2) is 46.8 Å². The predicted molar refractivity (Wildman–Crippen MR) is 158 cm³/mol. The smallest absolute Gasteiger partial charge is 0.410 e. The van der Waals surface area contributed by atoms with Gasteiger partial charge in [0, 0.05) is 49.8 Å². The third-order valence-electron chi connectivity index (χ3n) is 7.01. The topological polar surface area (TPSA) is 139 Å². The fraction of sp³-hybridized carbons (Fsp3) is 0.533. The van der Waals surface area contributed by atoms with Gasteiger partial charge in [-0.05, 0) is 65.3 Å². The Hall–Kier alpha value is -4.06. The molecule has 0 atom stereocenters. The van der Waals surface area contributed by atoms with Gasteiger partial charge in [-0.15, -0.1) is 0 Å². The number of esters is 2. The molecule has 2 aliphatic rings. The zero-order valence-electron chi connectivity index (χ0n) is 25.6. The minimum atomic E-state index is -0.744. The van der Waals surface area contributed by atoms with E-state index in [0.717, 1.165) is 26.1 Å². The molecule has 3 N–H and O–H groups in total. The number of benzene rings is 1. The van der Waals surface area contributed by atoms with Crippen molar-refractivity contribution in [3.8, 4) is 0 Å². The van der Waals surface area contributed by atoms with Crippen LogP contribution in [0.4, 0.5) is 15.3 Å². The van der Waals surface area contributed by atoms with E-state index in [1.807, 2.05) is 20.8 Å². The molecule has 0 spiro atoms. The van der Waals surface area contributed by atoms with Crippen molar-refractivity contribution in [3.63, 3.8) is 0 Å². The highest BCUT2D eigenvalue weighted by atomic mass is 16.6. The Kier molecular flexibility index (Phi) is 11.0. The van der Waals surface area contributed by atoms with E-state index in [2.05, 4.69) is 20.9 Å². The molecular formula is C30H43N5O7. The molecule has 0 saturated carbocycles. The molecule has 1 aromatic rings. The summed E-state index contributed by atoms with van der Waals surface area (Å²) in [4.78, 5) is 54.4. The Morgan fingerprint density at radius 1 is 0.952 bits per heavy atom. The third-order valence-corrected chi connectivity index (χ3v) is 7.01. The van der Waals surface area contributed by atoms with Crippen LogP contribution in [0.2, 0.25) is 0 Å². The Morgan fingerprint density at radius 2 is 1.55 bits per heavy atom. The molecule has 2 aliphatic heterocycles. The number of carbonyl (C=O) groups is 4. The molecule has 0 aliphatic carbocycles. The van der Waals surface area contributed by atoms with Gasteiger partial charge in [0.1, 0.15) is 5.60 Å². The zero-order valence-corrected chi connectivity index (χ0v) is 25.6. The first-order chi connectivity index (χ1) is 19.8. The highest BCUT2D eigenvalue weighted by Crippen LogP contribution is 2.39. The minimum absolute atomic E-state index is 0.287. The van der Waals surface area contributed by atoms with Gasteiger partial charge in [-0.3, -0.25) is 4.90 Å². The first kappa shape index (κ1) is 32.5. The standard InChI is InChI=1S/C30H43N5O7/c1-19-23(26(36)40-6)25(24(20(2)32-19)27(37)41-7)21-10-8-11-22(18-21)33-28(38)31-12-9-13-34-14-16-35(17-15-34)29(39)42-30(3,4)5/h8,10-11,18,25,32H,9,12-17H2,1-7H3,(H2,31,33,38). The van der Waals surface area contributed by atoms with Crippen molar-refractivity contribution in [2.45, 2.75) is 52.6 Å². The van der Waals surface area contributed by atoms with Gasteiger partial charge in [0.15, 0.2) is 0 Å². The Labute approximate surface area is 247 Å². The maximum Gasteiger partial charge on any atom is 0.410 e. The maximum atomic E-state index is 12.7. The van der Waals surface area contributed by atoms with Gasteiger partial charge in [-0.25, -0.2) is 19.2 Å². The molecule has 0 aromatic heterocycles. The first-order valence-electron chi connectivity index (χ1n) is 14.0. The predicted octanol–water partition coefficient (Wildman–Crippen LogP) is 3.33. The van der Waals surface area contributed by atoms with Crippen LogP contribution in [0, 0.1) is 0 Å². The number of anilines is 1. The largest absolute Gasteiger partial charge is 0.466 e. The number of nitrogens with one attached hydrogen (secondary N) is 3. The fourth-order valence-electron chi connectivity index (χ4n) is 5.04. The van der Waals surface area contributed by atoms with Crippen molar-refractivity contribution < 1.29 is 33.4 Å². The Bertz CT molecular complexity index is 1200. The summed E-state index contributed by atoms with van der Waals surface area (Å²) in [7, 11) is 2.57. The molecule has 42 heavy (non-hydrogen) atoms. The maximum absolute atomic E-state index is 12.7. The second-order valence-corrected chi connectivity index (χ2v) is 11.3. The summed E-state index contributed by atoms with van der Waals surface area (Å²) in [6.45, 7) is 13.0. The number of ether oxygens (including phenoxy) is 3. The molecule has 0 unspecified atom stereocenters. The van der Waals surface area contributed by atoms with Gasteiger partial charge in [0.05, 0.1) is 31.3 Å². The number of piperazine rings is 1. The van der Waals surface area contributed by atoms with Crippen LogP contribution in [-0.4, -0.2) is 93.0 Å². The highest BCUT2D eigenvalue weighted by molar-refractivity contribution is 6.00. The van der Waals surface area contributed by atoms with E-state index >= 15 is 0 Å². The number of dihydropyridines is 1. The van der Waals surface area contributed by atoms with Crippen molar-refractivity contribution in [3.05, 3.63) is 52.4 Å². The summed E-state index contributed by atoms with van der Waals surface area (Å²) in [6.07, 6.45) is 0.457. The molecule has 3 rings (SSSR count). The SMILES string of the molecule is COC(=O)C1=C(C)NC(C)=C(C(=O)OC)C1c1cccc(NC(=O)NCCCN2CCN(C(=O)OC(C)(C)C)CC2)c1. The van der Waals surface area contributed by atoms with Crippen LogP contribution in [0.25, 0.3) is 0 Å². The minimum Gasteiger partial charge on any atom is -0.466 e. The molecule has 1 saturated heterocycles. The van der Waals surface area contributed by atoms with E-state index in [1.54, 1.807) is 43.0 Å². The Morgan fingerprint density at radius 3 is 2.10 bits per heavy atom. The number of rotatable bonds is 8. The van der Waals surface area contributed by atoms with Crippen LogP contribution >= 0.6 is 0 Å². The molecule has 3 amide bonds.